The number of pyridine rings is 1. The van der Waals surface area contributed by atoms with E-state index in [1.807, 2.05) is 12.1 Å². The van der Waals surface area contributed by atoms with E-state index in [1.54, 1.807) is 19.2 Å². The van der Waals surface area contributed by atoms with E-state index in [2.05, 4.69) is 15.0 Å². The molecule has 1 aliphatic heterocycles. The summed E-state index contributed by atoms with van der Waals surface area (Å²) >= 11 is 0. The minimum atomic E-state index is -2.92. The Morgan fingerprint density at radius 3 is 2.54 bits per heavy atom. The zero-order chi connectivity index (χ0) is 18.7. The molecule has 1 fully saturated rings. The van der Waals surface area contributed by atoms with Crippen LogP contribution in [-0.4, -0.2) is 35.0 Å². The van der Waals surface area contributed by atoms with Crippen molar-refractivity contribution in [3.8, 4) is 5.75 Å². The van der Waals surface area contributed by atoms with Gasteiger partial charge in [0.2, 0.25) is 0 Å². The van der Waals surface area contributed by atoms with Crippen LogP contribution in [0.4, 0.5) is 13.6 Å². The van der Waals surface area contributed by atoms with Gasteiger partial charge in [0.1, 0.15) is 11.3 Å². The van der Waals surface area contributed by atoms with Crippen molar-refractivity contribution in [2.75, 3.05) is 6.54 Å². The molecular formula is C18H17F2N3O3. The molecule has 0 bridgehead atoms. The van der Waals surface area contributed by atoms with Crippen molar-refractivity contribution in [2.24, 2.45) is 0 Å². The van der Waals surface area contributed by atoms with Crippen LogP contribution in [-0.2, 0) is 16.8 Å². The third-order valence-electron chi connectivity index (χ3n) is 4.25. The van der Waals surface area contributed by atoms with Crippen molar-refractivity contribution in [3.63, 3.8) is 0 Å². The minimum absolute atomic E-state index is 0.0175. The lowest BCUT2D eigenvalue weighted by atomic mass is 9.92. The number of imide groups is 1. The van der Waals surface area contributed by atoms with Crippen LogP contribution in [0.25, 0.3) is 0 Å². The number of halogens is 2. The topological polar surface area (TPSA) is 71.5 Å². The van der Waals surface area contributed by atoms with Crippen LogP contribution in [0.5, 0.6) is 5.75 Å². The Hall–Kier alpha value is -3.03. The number of nitrogens with zero attached hydrogens (tertiary/aromatic N) is 2. The Morgan fingerprint density at radius 1 is 1.19 bits per heavy atom. The van der Waals surface area contributed by atoms with Crippen molar-refractivity contribution in [1.29, 1.82) is 0 Å². The van der Waals surface area contributed by atoms with E-state index < -0.39 is 24.1 Å². The number of urea groups is 1. The SMILES string of the molecule is CC1(c2ccc(OC(F)F)cc2)NC(=O)N(CCc2ccccn2)C1=O. The molecule has 0 saturated carbocycles. The first-order valence-electron chi connectivity index (χ1n) is 7.99. The van der Waals surface area contributed by atoms with Crippen LogP contribution in [0.3, 0.4) is 0 Å². The molecule has 0 spiro atoms. The Kier molecular flexibility index (Phi) is 4.83. The smallest absolute Gasteiger partial charge is 0.387 e. The summed E-state index contributed by atoms with van der Waals surface area (Å²) in [6.45, 7) is -1.15. The highest BCUT2D eigenvalue weighted by atomic mass is 19.3. The summed E-state index contributed by atoms with van der Waals surface area (Å²) in [5, 5.41) is 2.67. The van der Waals surface area contributed by atoms with Gasteiger partial charge >= 0.3 is 12.6 Å². The van der Waals surface area contributed by atoms with Gasteiger partial charge in [-0.25, -0.2) is 4.79 Å². The average molecular weight is 361 g/mol. The van der Waals surface area contributed by atoms with Gasteiger partial charge in [0.15, 0.2) is 0 Å². The third-order valence-corrected chi connectivity index (χ3v) is 4.25. The van der Waals surface area contributed by atoms with E-state index in [4.69, 9.17) is 0 Å². The summed E-state index contributed by atoms with van der Waals surface area (Å²) < 4.78 is 28.8. The number of aromatic nitrogens is 1. The number of carbonyl (C=O) groups excluding carboxylic acids is 2. The molecule has 8 heteroatoms. The van der Waals surface area contributed by atoms with Gasteiger partial charge < -0.3 is 10.1 Å². The van der Waals surface area contributed by atoms with Gasteiger partial charge in [-0.3, -0.25) is 14.7 Å². The molecule has 0 radical (unpaired) electrons. The predicted octanol–water partition coefficient (Wildman–Crippen LogP) is 2.69. The first-order valence-corrected chi connectivity index (χ1v) is 7.99. The quantitative estimate of drug-likeness (QED) is 0.803. The summed E-state index contributed by atoms with van der Waals surface area (Å²) in [7, 11) is 0. The number of nitrogens with one attached hydrogen (secondary N) is 1. The van der Waals surface area contributed by atoms with Gasteiger partial charge in [-0.1, -0.05) is 18.2 Å². The first kappa shape index (κ1) is 17.8. The van der Waals surface area contributed by atoms with Crippen LogP contribution < -0.4 is 10.1 Å². The molecule has 0 aliphatic carbocycles. The monoisotopic (exact) mass is 361 g/mol. The van der Waals surface area contributed by atoms with Crippen LogP contribution >= 0.6 is 0 Å². The van der Waals surface area contributed by atoms with E-state index in [1.165, 1.54) is 24.3 Å². The van der Waals surface area contributed by atoms with Crippen molar-refractivity contribution in [3.05, 3.63) is 59.9 Å². The molecule has 1 saturated heterocycles. The zero-order valence-corrected chi connectivity index (χ0v) is 14.0. The van der Waals surface area contributed by atoms with Crippen molar-refractivity contribution < 1.29 is 23.1 Å². The molecule has 1 aliphatic rings. The highest BCUT2D eigenvalue weighted by molar-refractivity contribution is 6.07. The Labute approximate surface area is 148 Å². The van der Waals surface area contributed by atoms with Gasteiger partial charge in [0.05, 0.1) is 0 Å². The van der Waals surface area contributed by atoms with E-state index in [-0.39, 0.29) is 12.3 Å². The minimum Gasteiger partial charge on any atom is -0.435 e. The summed E-state index contributed by atoms with van der Waals surface area (Å²) in [6.07, 6.45) is 2.09. The Balaban J connectivity index is 1.74. The van der Waals surface area contributed by atoms with Crippen molar-refractivity contribution in [1.82, 2.24) is 15.2 Å². The van der Waals surface area contributed by atoms with E-state index in [0.717, 1.165) is 10.6 Å². The lowest BCUT2D eigenvalue weighted by Gasteiger charge is -2.22. The molecule has 3 rings (SSSR count). The van der Waals surface area contributed by atoms with Crippen LogP contribution in [0.15, 0.2) is 48.7 Å². The van der Waals surface area contributed by atoms with Crippen molar-refractivity contribution >= 4 is 11.9 Å². The molecule has 2 aromatic rings. The number of ether oxygens (including phenoxy) is 1. The van der Waals surface area contributed by atoms with E-state index in [9.17, 15) is 18.4 Å². The van der Waals surface area contributed by atoms with E-state index in [0.29, 0.717) is 12.0 Å². The lowest BCUT2D eigenvalue weighted by Crippen LogP contribution is -2.41. The normalized spacial score (nSPS) is 19.8. The summed E-state index contributed by atoms with van der Waals surface area (Å²) in [5.41, 5.74) is -0.00195. The first-order chi connectivity index (χ1) is 12.4. The Bertz CT molecular complexity index is 799. The van der Waals surface area contributed by atoms with Gasteiger partial charge in [-0.05, 0) is 36.8 Å². The summed E-state index contributed by atoms with van der Waals surface area (Å²) in [5.74, 6) is -0.419. The molecule has 1 N–H and O–H groups in total. The summed E-state index contributed by atoms with van der Waals surface area (Å²) in [4.78, 5) is 30.4. The number of amides is 3. The maximum atomic E-state index is 12.8. The number of alkyl halides is 2. The number of hydrogen-bond donors (Lipinski definition) is 1. The zero-order valence-electron chi connectivity index (χ0n) is 14.0. The molecule has 1 aromatic carbocycles. The van der Waals surface area contributed by atoms with Crippen LogP contribution in [0.2, 0.25) is 0 Å². The highest BCUT2D eigenvalue weighted by Gasteiger charge is 2.48. The molecule has 1 unspecified atom stereocenters. The molecule has 26 heavy (non-hydrogen) atoms. The number of carbonyl (C=O) groups is 2. The van der Waals surface area contributed by atoms with Gasteiger partial charge in [-0.2, -0.15) is 8.78 Å². The van der Waals surface area contributed by atoms with Gasteiger partial charge in [0, 0.05) is 24.9 Å². The molecular weight excluding hydrogens is 344 g/mol. The summed E-state index contributed by atoms with van der Waals surface area (Å²) in [6, 6.07) is 10.6. The standard InChI is InChI=1S/C18H17F2N3O3/c1-18(12-5-7-14(8-6-12)26-16(19)20)15(24)23(17(25)22-18)11-9-13-4-2-3-10-21-13/h2-8,10,16H,9,11H2,1H3,(H,22,25). The molecule has 2 heterocycles. The largest absolute Gasteiger partial charge is 0.435 e. The fraction of sp³-hybridized carbons (Fsp3) is 0.278. The molecule has 3 amide bonds. The fourth-order valence-electron chi connectivity index (χ4n) is 2.84. The molecule has 1 atom stereocenters. The average Bonchev–Trinajstić information content (AvgIpc) is 2.84. The second kappa shape index (κ2) is 7.07. The maximum absolute atomic E-state index is 12.8. The second-order valence-corrected chi connectivity index (χ2v) is 5.99. The number of rotatable bonds is 6. The molecule has 1 aromatic heterocycles. The van der Waals surface area contributed by atoms with Crippen molar-refractivity contribution in [2.45, 2.75) is 25.5 Å². The highest BCUT2D eigenvalue weighted by Crippen LogP contribution is 2.30. The lowest BCUT2D eigenvalue weighted by molar-refractivity contribution is -0.131. The second-order valence-electron chi connectivity index (χ2n) is 5.99. The van der Waals surface area contributed by atoms with Gasteiger partial charge in [-0.15, -0.1) is 0 Å². The molecule has 6 nitrogen and oxygen atoms in total. The fourth-order valence-corrected chi connectivity index (χ4v) is 2.84. The third kappa shape index (κ3) is 3.49. The number of hydrogen-bond acceptors (Lipinski definition) is 4. The maximum Gasteiger partial charge on any atom is 0.387 e. The molecule has 136 valence electrons. The number of benzene rings is 1. The van der Waals surface area contributed by atoms with Gasteiger partial charge in [0.25, 0.3) is 5.91 Å². The Morgan fingerprint density at radius 2 is 1.92 bits per heavy atom. The predicted molar refractivity (Wildman–Crippen MR) is 88.6 cm³/mol. The van der Waals surface area contributed by atoms with Crippen LogP contribution in [0, 0.1) is 0 Å². The van der Waals surface area contributed by atoms with E-state index >= 15 is 0 Å². The van der Waals surface area contributed by atoms with Crippen LogP contribution in [0.1, 0.15) is 18.2 Å².